The maximum absolute atomic E-state index is 13.6. The van der Waals surface area contributed by atoms with E-state index in [0.717, 1.165) is 28.1 Å². The monoisotopic (exact) mass is 460 g/mol. The number of aryl methyl sites for hydroxylation is 3. The molecule has 0 saturated heterocycles. The smallest absolute Gasteiger partial charge is 0.284 e. The molecular weight excluding hydrogens is 440 g/mol. The van der Waals surface area contributed by atoms with Gasteiger partial charge in [-0.1, -0.05) is 45.8 Å². The molecule has 7 heteroatoms. The Labute approximate surface area is 172 Å². The summed E-state index contributed by atoms with van der Waals surface area (Å²) < 4.78 is 28.2. The second kappa shape index (κ2) is 6.81. The highest BCUT2D eigenvalue weighted by atomic mass is 79.9. The first-order chi connectivity index (χ1) is 13.2. The van der Waals surface area contributed by atoms with E-state index in [1.807, 2.05) is 37.3 Å². The lowest BCUT2D eigenvalue weighted by Crippen LogP contribution is -2.18. The van der Waals surface area contributed by atoms with E-state index in [4.69, 9.17) is 0 Å². The molecule has 146 valence electrons. The van der Waals surface area contributed by atoms with Gasteiger partial charge in [-0.3, -0.25) is 4.79 Å². The van der Waals surface area contributed by atoms with E-state index in [1.54, 1.807) is 13.8 Å². The molecule has 0 unspecified atom stereocenters. The maximum Gasteiger partial charge on any atom is 0.284 e. The Morgan fingerprint density at radius 1 is 1.14 bits per heavy atom. The lowest BCUT2D eigenvalue weighted by molar-refractivity contribution is 0.102. The van der Waals surface area contributed by atoms with Gasteiger partial charge >= 0.3 is 0 Å². The normalized spacial score (nSPS) is 14.6. The number of carbonyl (C=O) groups excluding carboxylic acids is 1. The molecule has 2 aromatic carbocycles. The molecule has 0 spiro atoms. The third-order valence-electron chi connectivity index (χ3n) is 5.20. The summed E-state index contributed by atoms with van der Waals surface area (Å²) in [5, 5.41) is 4.94. The quantitative estimate of drug-likeness (QED) is 0.410. The van der Waals surface area contributed by atoms with Gasteiger partial charge in [0.25, 0.3) is 10.0 Å². The van der Waals surface area contributed by atoms with Gasteiger partial charge in [0.1, 0.15) is 5.69 Å². The zero-order valence-electron chi connectivity index (χ0n) is 16.0. The lowest BCUT2D eigenvalue weighted by atomic mass is 10.1. The highest BCUT2D eigenvalue weighted by Crippen LogP contribution is 2.41. The number of ketones is 1. The van der Waals surface area contributed by atoms with Gasteiger partial charge in [-0.05, 0) is 62.3 Å². The van der Waals surface area contributed by atoms with Crippen molar-refractivity contribution in [1.82, 2.24) is 9.19 Å². The average molecular weight is 461 g/mol. The number of halogens is 1. The van der Waals surface area contributed by atoms with Gasteiger partial charge in [-0.15, -0.1) is 0 Å². The van der Waals surface area contributed by atoms with Crippen LogP contribution in [0.3, 0.4) is 0 Å². The van der Waals surface area contributed by atoms with Crippen LogP contribution in [-0.4, -0.2) is 28.7 Å². The Bertz CT molecular complexity index is 1200. The van der Waals surface area contributed by atoms with Crippen LogP contribution < -0.4 is 0 Å². The second-order valence-corrected chi connectivity index (χ2v) is 9.80. The van der Waals surface area contributed by atoms with Gasteiger partial charge in [0, 0.05) is 5.39 Å². The average Bonchev–Trinajstić information content (AvgIpc) is 3.39. The Morgan fingerprint density at radius 2 is 1.79 bits per heavy atom. The molecule has 0 atom stereocenters. The summed E-state index contributed by atoms with van der Waals surface area (Å²) in [5.74, 6) is 0.226. The third-order valence-corrected chi connectivity index (χ3v) is 7.60. The van der Waals surface area contributed by atoms with Crippen molar-refractivity contribution >= 4 is 42.6 Å². The lowest BCUT2D eigenvalue weighted by Gasteiger charge is -2.13. The van der Waals surface area contributed by atoms with Crippen LogP contribution in [0.25, 0.3) is 10.9 Å². The number of benzene rings is 2. The summed E-state index contributed by atoms with van der Waals surface area (Å²) in [7, 11) is -3.95. The van der Waals surface area contributed by atoms with Gasteiger partial charge in [0.05, 0.1) is 15.7 Å². The molecule has 0 N–H and O–H groups in total. The molecular formula is C21H21BrN2O3S. The van der Waals surface area contributed by atoms with Crippen molar-refractivity contribution in [3.05, 3.63) is 58.3 Å². The summed E-state index contributed by atoms with van der Waals surface area (Å²) in [4.78, 5) is 12.6. The summed E-state index contributed by atoms with van der Waals surface area (Å²) >= 11 is 3.17. The fourth-order valence-electron chi connectivity index (χ4n) is 3.89. The first-order valence-corrected chi connectivity index (χ1v) is 11.8. The minimum Gasteiger partial charge on any atom is -0.291 e. The van der Waals surface area contributed by atoms with Crippen molar-refractivity contribution in [3.8, 4) is 0 Å². The predicted octanol–water partition coefficient (Wildman–Crippen LogP) is 4.65. The van der Waals surface area contributed by atoms with Crippen LogP contribution in [0, 0.1) is 20.8 Å². The number of aromatic nitrogens is 2. The Hall–Kier alpha value is -1.99. The van der Waals surface area contributed by atoms with E-state index in [0.29, 0.717) is 27.9 Å². The van der Waals surface area contributed by atoms with Crippen molar-refractivity contribution in [2.75, 3.05) is 5.33 Å². The molecule has 1 heterocycles. The van der Waals surface area contributed by atoms with Crippen molar-refractivity contribution in [1.29, 1.82) is 0 Å². The van der Waals surface area contributed by atoms with Crippen LogP contribution in [0.15, 0.2) is 35.2 Å². The van der Waals surface area contributed by atoms with Crippen molar-refractivity contribution in [3.63, 3.8) is 0 Å². The molecule has 0 radical (unpaired) electrons. The number of hydrogen-bond acceptors (Lipinski definition) is 4. The number of Topliss-reactive ketones (excluding diaryl/α,β-unsaturated/α-hetero) is 1. The van der Waals surface area contributed by atoms with E-state index in [9.17, 15) is 13.2 Å². The summed E-state index contributed by atoms with van der Waals surface area (Å²) in [6.45, 7) is 5.52. The molecule has 0 aliphatic heterocycles. The zero-order chi connectivity index (χ0) is 20.2. The largest absolute Gasteiger partial charge is 0.291 e. The Kier molecular flexibility index (Phi) is 4.70. The van der Waals surface area contributed by atoms with Crippen LogP contribution in [0.5, 0.6) is 0 Å². The molecule has 1 aliphatic rings. The zero-order valence-corrected chi connectivity index (χ0v) is 18.4. The topological polar surface area (TPSA) is 69.0 Å². The Balaban J connectivity index is 2.02. The molecule has 1 aliphatic carbocycles. The molecule has 1 aromatic heterocycles. The van der Waals surface area contributed by atoms with Crippen molar-refractivity contribution in [2.45, 2.75) is 44.4 Å². The highest BCUT2D eigenvalue weighted by Gasteiger charge is 2.30. The summed E-state index contributed by atoms with van der Waals surface area (Å²) in [6.07, 6.45) is 2.21. The van der Waals surface area contributed by atoms with Gasteiger partial charge in [0.15, 0.2) is 5.78 Å². The first-order valence-electron chi connectivity index (χ1n) is 9.19. The van der Waals surface area contributed by atoms with Crippen molar-refractivity contribution < 1.29 is 13.2 Å². The number of fused-ring (bicyclic) bond motifs is 1. The summed E-state index contributed by atoms with van der Waals surface area (Å²) in [5.41, 5.74) is 4.10. The van der Waals surface area contributed by atoms with Gasteiger partial charge < -0.3 is 0 Å². The number of nitrogens with zero attached hydrogens (tertiary/aromatic N) is 2. The number of carbonyl (C=O) groups is 1. The molecule has 1 saturated carbocycles. The van der Waals surface area contributed by atoms with Gasteiger partial charge in [-0.2, -0.15) is 17.6 Å². The maximum atomic E-state index is 13.6. The van der Waals surface area contributed by atoms with E-state index >= 15 is 0 Å². The summed E-state index contributed by atoms with van der Waals surface area (Å²) in [6, 6.07) is 9.39. The molecule has 5 nitrogen and oxygen atoms in total. The number of hydrogen-bond donors (Lipinski definition) is 0. The fourth-order valence-corrected chi connectivity index (χ4v) is 5.86. The molecule has 0 amide bonds. The van der Waals surface area contributed by atoms with Crippen LogP contribution in [-0.2, 0) is 10.0 Å². The van der Waals surface area contributed by atoms with E-state index in [2.05, 4.69) is 21.0 Å². The minimum absolute atomic E-state index is 0.0894. The predicted molar refractivity (Wildman–Crippen MR) is 113 cm³/mol. The Morgan fingerprint density at radius 3 is 2.36 bits per heavy atom. The van der Waals surface area contributed by atoms with Crippen molar-refractivity contribution in [2.24, 2.45) is 0 Å². The van der Waals surface area contributed by atoms with Gasteiger partial charge in [0.2, 0.25) is 0 Å². The van der Waals surface area contributed by atoms with Crippen LogP contribution in [0.4, 0.5) is 0 Å². The minimum atomic E-state index is -3.95. The first kappa shape index (κ1) is 19.3. The highest BCUT2D eigenvalue weighted by molar-refractivity contribution is 9.09. The van der Waals surface area contributed by atoms with Crippen LogP contribution >= 0.6 is 15.9 Å². The van der Waals surface area contributed by atoms with Gasteiger partial charge in [-0.25, -0.2) is 0 Å². The van der Waals surface area contributed by atoms with E-state index < -0.39 is 10.0 Å². The fraction of sp³-hybridized carbons (Fsp3) is 0.333. The number of alkyl halides is 1. The number of rotatable bonds is 5. The standard InChI is InChI=1S/C21H21BrN2O3S/c1-12-8-13(2)21(14(3)9-12)28(26,27)24-18-10-16(15-4-5-15)6-7-17(18)20(23-24)19(25)11-22/h6-10,15H,4-5,11H2,1-3H3. The molecule has 4 rings (SSSR count). The molecule has 28 heavy (non-hydrogen) atoms. The second-order valence-electron chi connectivity index (χ2n) is 7.53. The van der Waals surface area contributed by atoms with Crippen LogP contribution in [0.2, 0.25) is 0 Å². The SMILES string of the molecule is Cc1cc(C)c(S(=O)(=O)n2nc(C(=O)CBr)c3ccc(C4CC4)cc32)c(C)c1. The third kappa shape index (κ3) is 3.10. The molecule has 1 fully saturated rings. The van der Waals surface area contributed by atoms with Crippen LogP contribution in [0.1, 0.15) is 51.5 Å². The molecule has 0 bridgehead atoms. The van der Waals surface area contributed by atoms with E-state index in [-0.39, 0.29) is 21.7 Å². The molecule has 3 aromatic rings. The van der Waals surface area contributed by atoms with E-state index in [1.165, 1.54) is 0 Å².